The first-order valence-corrected chi connectivity index (χ1v) is 9.39. The molecule has 0 bridgehead atoms. The van der Waals surface area contributed by atoms with E-state index in [9.17, 15) is 14.7 Å². The third kappa shape index (κ3) is 5.33. The van der Waals surface area contributed by atoms with Gasteiger partial charge in [0.05, 0.1) is 5.56 Å². The third-order valence-corrected chi connectivity index (χ3v) is 4.97. The van der Waals surface area contributed by atoms with E-state index in [1.165, 1.54) is 25.3 Å². The molecule has 0 saturated carbocycles. The minimum Gasteiger partial charge on any atom is -0.492 e. The van der Waals surface area contributed by atoms with Crippen LogP contribution in [0.15, 0.2) is 42.5 Å². The molecule has 2 aromatic carbocycles. The monoisotopic (exact) mass is 403 g/mol. The number of ketones is 1. The molecular weight excluding hydrogens is 378 g/mol. The molecule has 1 aliphatic heterocycles. The fourth-order valence-corrected chi connectivity index (χ4v) is 3.47. The van der Waals surface area contributed by atoms with E-state index < -0.39 is 5.97 Å². The van der Waals surface area contributed by atoms with Gasteiger partial charge in [-0.05, 0) is 68.8 Å². The van der Waals surface area contributed by atoms with E-state index in [2.05, 4.69) is 4.90 Å². The number of carboxylic acids is 1. The number of likely N-dealkylation sites (tertiary alicyclic amines) is 1. The Morgan fingerprint density at radius 2 is 1.71 bits per heavy atom. The van der Waals surface area contributed by atoms with Gasteiger partial charge in [-0.15, -0.1) is 12.4 Å². The molecule has 0 aliphatic carbocycles. The molecule has 0 amide bonds. The number of rotatable bonds is 7. The zero-order chi connectivity index (χ0) is 19.2. The molecule has 0 spiro atoms. The number of carbonyl (C=O) groups excluding carboxylic acids is 1. The summed E-state index contributed by atoms with van der Waals surface area (Å²) < 4.78 is 5.79. The molecule has 5 nitrogen and oxygen atoms in total. The number of carbonyl (C=O) groups is 2. The molecule has 1 fully saturated rings. The van der Waals surface area contributed by atoms with Crippen molar-refractivity contribution in [3.05, 3.63) is 64.7 Å². The minimum atomic E-state index is -1.10. The maximum Gasteiger partial charge on any atom is 0.336 e. The SMILES string of the molecule is Cc1cccc(C(=O)O)c1C(=O)c1ccc(OCCN2CCCCC2)cc1.Cl. The molecule has 6 heteroatoms. The summed E-state index contributed by atoms with van der Waals surface area (Å²) in [6.07, 6.45) is 3.83. The van der Waals surface area contributed by atoms with Gasteiger partial charge in [-0.1, -0.05) is 18.6 Å². The zero-order valence-electron chi connectivity index (χ0n) is 16.0. The number of halogens is 1. The second kappa shape index (κ2) is 10.2. The lowest BCUT2D eigenvalue weighted by Gasteiger charge is -2.26. The first-order chi connectivity index (χ1) is 13.1. The Kier molecular flexibility index (Phi) is 8.03. The van der Waals surface area contributed by atoms with E-state index in [1.807, 2.05) is 0 Å². The van der Waals surface area contributed by atoms with Crippen LogP contribution in [0.5, 0.6) is 5.75 Å². The van der Waals surface area contributed by atoms with Crippen molar-refractivity contribution < 1.29 is 19.4 Å². The van der Waals surface area contributed by atoms with Gasteiger partial charge in [0.2, 0.25) is 0 Å². The van der Waals surface area contributed by atoms with E-state index in [1.54, 1.807) is 43.3 Å². The number of hydrogen-bond donors (Lipinski definition) is 1. The lowest BCUT2D eigenvalue weighted by Crippen LogP contribution is -2.33. The molecule has 28 heavy (non-hydrogen) atoms. The van der Waals surface area contributed by atoms with Crippen molar-refractivity contribution in [2.45, 2.75) is 26.2 Å². The van der Waals surface area contributed by atoms with Gasteiger partial charge in [0, 0.05) is 17.7 Å². The zero-order valence-corrected chi connectivity index (χ0v) is 16.8. The average molecular weight is 404 g/mol. The highest BCUT2D eigenvalue weighted by Crippen LogP contribution is 2.21. The summed E-state index contributed by atoms with van der Waals surface area (Å²) in [5.41, 5.74) is 1.38. The van der Waals surface area contributed by atoms with Crippen molar-refractivity contribution in [3.8, 4) is 5.75 Å². The second-order valence-electron chi connectivity index (χ2n) is 6.91. The minimum absolute atomic E-state index is 0. The topological polar surface area (TPSA) is 66.8 Å². The van der Waals surface area contributed by atoms with Crippen LogP contribution < -0.4 is 4.74 Å². The van der Waals surface area contributed by atoms with Gasteiger partial charge in [0.1, 0.15) is 12.4 Å². The molecule has 0 radical (unpaired) electrons. The molecule has 1 aliphatic rings. The fourth-order valence-electron chi connectivity index (χ4n) is 3.47. The van der Waals surface area contributed by atoms with Gasteiger partial charge in [-0.25, -0.2) is 4.79 Å². The van der Waals surface area contributed by atoms with E-state index >= 15 is 0 Å². The smallest absolute Gasteiger partial charge is 0.336 e. The maximum absolute atomic E-state index is 12.8. The van der Waals surface area contributed by atoms with Crippen LogP contribution in [0.25, 0.3) is 0 Å². The Bertz CT molecular complexity index is 814. The van der Waals surface area contributed by atoms with Gasteiger partial charge >= 0.3 is 5.97 Å². The Hall–Kier alpha value is -2.37. The summed E-state index contributed by atoms with van der Waals surface area (Å²) in [5.74, 6) is -0.670. The van der Waals surface area contributed by atoms with E-state index in [-0.39, 0.29) is 29.3 Å². The summed E-state index contributed by atoms with van der Waals surface area (Å²) in [6, 6.07) is 11.8. The number of aryl methyl sites for hydroxylation is 1. The molecule has 1 heterocycles. The molecule has 1 N–H and O–H groups in total. The number of carboxylic acid groups (broad SMARTS) is 1. The number of ether oxygens (including phenoxy) is 1. The summed E-state index contributed by atoms with van der Waals surface area (Å²) in [6.45, 7) is 5.55. The van der Waals surface area contributed by atoms with Crippen molar-refractivity contribution >= 4 is 24.2 Å². The maximum atomic E-state index is 12.8. The highest BCUT2D eigenvalue weighted by atomic mass is 35.5. The lowest BCUT2D eigenvalue weighted by molar-refractivity contribution is 0.0692. The van der Waals surface area contributed by atoms with Crippen LogP contribution in [0, 0.1) is 6.92 Å². The number of hydrogen-bond acceptors (Lipinski definition) is 4. The number of aromatic carboxylic acids is 1. The predicted octanol–water partition coefficient (Wildman–Crippen LogP) is 4.21. The van der Waals surface area contributed by atoms with Crippen LogP contribution in [0.3, 0.4) is 0 Å². The third-order valence-electron chi connectivity index (χ3n) is 4.97. The average Bonchev–Trinajstić information content (AvgIpc) is 2.68. The van der Waals surface area contributed by atoms with Gasteiger partial charge in [-0.2, -0.15) is 0 Å². The highest BCUT2D eigenvalue weighted by molar-refractivity contribution is 6.15. The standard InChI is InChI=1S/C22H25NO4.ClH/c1-16-6-5-7-19(22(25)26)20(16)21(24)17-8-10-18(11-9-17)27-15-14-23-12-3-2-4-13-23;/h5-11H,2-4,12-15H2,1H3,(H,25,26);1H. The van der Waals surface area contributed by atoms with Crippen molar-refractivity contribution in [2.24, 2.45) is 0 Å². The van der Waals surface area contributed by atoms with Crippen LogP contribution in [-0.2, 0) is 0 Å². The van der Waals surface area contributed by atoms with E-state index in [0.717, 1.165) is 19.6 Å². The van der Waals surface area contributed by atoms with Gasteiger partial charge in [-0.3, -0.25) is 9.69 Å². The van der Waals surface area contributed by atoms with Crippen LogP contribution in [0.1, 0.15) is 51.1 Å². The summed E-state index contributed by atoms with van der Waals surface area (Å²) in [7, 11) is 0. The van der Waals surface area contributed by atoms with E-state index in [0.29, 0.717) is 23.5 Å². The van der Waals surface area contributed by atoms with Crippen molar-refractivity contribution in [2.75, 3.05) is 26.2 Å². The number of nitrogens with zero attached hydrogens (tertiary/aromatic N) is 1. The normalized spacial score (nSPS) is 14.2. The van der Waals surface area contributed by atoms with Crippen LogP contribution in [-0.4, -0.2) is 48.0 Å². The molecule has 1 saturated heterocycles. The van der Waals surface area contributed by atoms with Crippen molar-refractivity contribution in [1.29, 1.82) is 0 Å². The second-order valence-corrected chi connectivity index (χ2v) is 6.91. The van der Waals surface area contributed by atoms with Crippen LogP contribution >= 0.6 is 12.4 Å². The van der Waals surface area contributed by atoms with Crippen LogP contribution in [0.2, 0.25) is 0 Å². The van der Waals surface area contributed by atoms with Gasteiger partial charge in [0.25, 0.3) is 0 Å². The first-order valence-electron chi connectivity index (χ1n) is 9.39. The fraction of sp³-hybridized carbons (Fsp3) is 0.364. The summed E-state index contributed by atoms with van der Waals surface area (Å²) in [4.78, 5) is 26.7. The Balaban J connectivity index is 0.00000280. The molecule has 2 aromatic rings. The Labute approximate surface area is 171 Å². The quantitative estimate of drug-likeness (QED) is 0.701. The number of benzene rings is 2. The molecule has 0 atom stereocenters. The predicted molar refractivity (Wildman–Crippen MR) is 111 cm³/mol. The van der Waals surface area contributed by atoms with Crippen molar-refractivity contribution in [1.82, 2.24) is 4.90 Å². The number of piperidine rings is 1. The molecule has 3 rings (SSSR count). The molecule has 0 unspecified atom stereocenters. The largest absolute Gasteiger partial charge is 0.492 e. The first kappa shape index (κ1) is 21.9. The molecule has 150 valence electrons. The molecular formula is C22H26ClNO4. The van der Waals surface area contributed by atoms with Crippen LogP contribution in [0.4, 0.5) is 0 Å². The highest BCUT2D eigenvalue weighted by Gasteiger charge is 2.20. The lowest BCUT2D eigenvalue weighted by atomic mass is 9.94. The summed E-state index contributed by atoms with van der Waals surface area (Å²) >= 11 is 0. The Morgan fingerprint density at radius 3 is 2.36 bits per heavy atom. The van der Waals surface area contributed by atoms with Gasteiger partial charge < -0.3 is 9.84 Å². The van der Waals surface area contributed by atoms with Gasteiger partial charge in [0.15, 0.2) is 5.78 Å². The molecule has 0 aromatic heterocycles. The summed E-state index contributed by atoms with van der Waals surface area (Å²) in [5, 5.41) is 9.36. The van der Waals surface area contributed by atoms with Crippen molar-refractivity contribution in [3.63, 3.8) is 0 Å². The van der Waals surface area contributed by atoms with E-state index in [4.69, 9.17) is 4.74 Å². The Morgan fingerprint density at radius 1 is 1.04 bits per heavy atom.